The average Bonchev–Trinajstić information content (AvgIpc) is 2.72. The molecule has 1 fully saturated rings. The van der Waals surface area contributed by atoms with Gasteiger partial charge in [0.25, 0.3) is 0 Å². The van der Waals surface area contributed by atoms with E-state index in [1.54, 1.807) is 6.92 Å². The van der Waals surface area contributed by atoms with Crippen LogP contribution in [-0.4, -0.2) is 23.3 Å². The lowest BCUT2D eigenvalue weighted by molar-refractivity contribution is -0.117. The van der Waals surface area contributed by atoms with E-state index in [-0.39, 0.29) is 16.9 Å². The third kappa shape index (κ3) is 3.60. The van der Waals surface area contributed by atoms with Gasteiger partial charge in [-0.3, -0.25) is 9.59 Å². The number of anilines is 1. The molecule has 1 aromatic rings. The quantitative estimate of drug-likeness (QED) is 0.845. The Labute approximate surface area is 125 Å². The summed E-state index contributed by atoms with van der Waals surface area (Å²) >= 11 is 4.80. The molecular formula is C14H16BrNO2S. The third-order valence-electron chi connectivity index (χ3n) is 3.19. The SMILES string of the molecule is CC(=O)SCC1CC(=O)N(c2ccc(C)c(Br)c2)C1. The molecule has 3 nitrogen and oxygen atoms in total. The molecule has 0 bridgehead atoms. The van der Waals surface area contributed by atoms with Gasteiger partial charge >= 0.3 is 0 Å². The number of hydrogen-bond acceptors (Lipinski definition) is 3. The normalized spacial score (nSPS) is 19.0. The second-order valence-corrected chi connectivity index (χ2v) is 6.86. The van der Waals surface area contributed by atoms with Crippen molar-refractivity contribution in [2.24, 2.45) is 5.92 Å². The first kappa shape index (κ1) is 14.6. The molecule has 0 aliphatic carbocycles. The molecular weight excluding hydrogens is 326 g/mol. The summed E-state index contributed by atoms with van der Waals surface area (Å²) in [6, 6.07) is 5.95. The van der Waals surface area contributed by atoms with E-state index in [2.05, 4.69) is 15.9 Å². The first-order valence-electron chi connectivity index (χ1n) is 6.17. The summed E-state index contributed by atoms with van der Waals surface area (Å²) in [4.78, 5) is 24.8. The van der Waals surface area contributed by atoms with Crippen LogP contribution in [0.5, 0.6) is 0 Å². The number of carbonyl (C=O) groups excluding carboxylic acids is 2. The molecule has 0 saturated carbocycles. The van der Waals surface area contributed by atoms with Crippen molar-refractivity contribution in [2.45, 2.75) is 20.3 Å². The van der Waals surface area contributed by atoms with Crippen molar-refractivity contribution in [3.63, 3.8) is 0 Å². The van der Waals surface area contributed by atoms with Crippen molar-refractivity contribution in [1.82, 2.24) is 0 Å². The number of carbonyl (C=O) groups is 2. The Morgan fingerprint density at radius 1 is 1.53 bits per heavy atom. The van der Waals surface area contributed by atoms with Crippen molar-refractivity contribution in [1.29, 1.82) is 0 Å². The van der Waals surface area contributed by atoms with Crippen LogP contribution in [0.25, 0.3) is 0 Å². The van der Waals surface area contributed by atoms with E-state index in [1.165, 1.54) is 11.8 Å². The number of nitrogens with zero attached hydrogens (tertiary/aromatic N) is 1. The summed E-state index contributed by atoms with van der Waals surface area (Å²) in [7, 11) is 0. The van der Waals surface area contributed by atoms with Crippen LogP contribution in [0.4, 0.5) is 5.69 Å². The molecule has 102 valence electrons. The summed E-state index contributed by atoms with van der Waals surface area (Å²) in [5, 5.41) is 0.115. The van der Waals surface area contributed by atoms with E-state index in [0.717, 1.165) is 21.5 Å². The van der Waals surface area contributed by atoms with Crippen LogP contribution >= 0.6 is 27.7 Å². The van der Waals surface area contributed by atoms with Gasteiger partial charge in [-0.25, -0.2) is 0 Å². The van der Waals surface area contributed by atoms with Gasteiger partial charge in [-0.2, -0.15) is 0 Å². The number of benzene rings is 1. The molecule has 1 saturated heterocycles. The highest BCUT2D eigenvalue weighted by Gasteiger charge is 2.30. The van der Waals surface area contributed by atoms with Gasteiger partial charge in [0.1, 0.15) is 0 Å². The fourth-order valence-corrected chi connectivity index (χ4v) is 3.19. The molecule has 1 aliphatic rings. The maximum Gasteiger partial charge on any atom is 0.227 e. The van der Waals surface area contributed by atoms with Crippen LogP contribution in [-0.2, 0) is 9.59 Å². The van der Waals surface area contributed by atoms with Crippen molar-refractivity contribution >= 4 is 44.4 Å². The number of halogens is 1. The van der Waals surface area contributed by atoms with Crippen LogP contribution < -0.4 is 4.90 Å². The van der Waals surface area contributed by atoms with Crippen LogP contribution in [0.1, 0.15) is 18.9 Å². The molecule has 5 heteroatoms. The van der Waals surface area contributed by atoms with Gasteiger partial charge in [-0.15, -0.1) is 0 Å². The fourth-order valence-electron chi connectivity index (χ4n) is 2.13. The highest BCUT2D eigenvalue weighted by molar-refractivity contribution is 9.10. The molecule has 1 aromatic carbocycles. The van der Waals surface area contributed by atoms with Crippen LogP contribution in [0.2, 0.25) is 0 Å². The Morgan fingerprint density at radius 2 is 2.26 bits per heavy atom. The first-order valence-corrected chi connectivity index (χ1v) is 7.95. The lowest BCUT2D eigenvalue weighted by Crippen LogP contribution is -2.24. The van der Waals surface area contributed by atoms with Gasteiger partial charge in [0.15, 0.2) is 5.12 Å². The Kier molecular flexibility index (Phi) is 4.68. The van der Waals surface area contributed by atoms with Crippen LogP contribution in [0.15, 0.2) is 22.7 Å². The maximum absolute atomic E-state index is 12.0. The van der Waals surface area contributed by atoms with E-state index >= 15 is 0 Å². The highest BCUT2D eigenvalue weighted by Crippen LogP contribution is 2.30. The number of aryl methyl sites for hydroxylation is 1. The third-order valence-corrected chi connectivity index (χ3v) is 5.09. The number of amides is 1. The Hall–Kier alpha value is -0.810. The molecule has 1 amide bonds. The van der Waals surface area contributed by atoms with Crippen LogP contribution in [0, 0.1) is 12.8 Å². The zero-order valence-electron chi connectivity index (χ0n) is 11.0. The van der Waals surface area contributed by atoms with E-state index < -0.39 is 0 Å². The first-order chi connectivity index (χ1) is 8.97. The number of rotatable bonds is 3. The second-order valence-electron chi connectivity index (χ2n) is 4.81. The predicted molar refractivity (Wildman–Crippen MR) is 82.5 cm³/mol. The smallest absolute Gasteiger partial charge is 0.227 e. The monoisotopic (exact) mass is 341 g/mol. The molecule has 19 heavy (non-hydrogen) atoms. The standard InChI is InChI=1S/C14H16BrNO2S/c1-9-3-4-12(6-13(9)15)16-7-11(5-14(16)18)8-19-10(2)17/h3-4,6,11H,5,7-8H2,1-2H3. The zero-order chi connectivity index (χ0) is 14.0. The maximum atomic E-state index is 12.0. The second kappa shape index (κ2) is 6.09. The van der Waals surface area contributed by atoms with Gasteiger partial charge in [0.2, 0.25) is 5.91 Å². The summed E-state index contributed by atoms with van der Waals surface area (Å²) in [6.45, 7) is 4.29. The molecule has 0 aromatic heterocycles. The Morgan fingerprint density at radius 3 is 2.89 bits per heavy atom. The molecule has 1 atom stereocenters. The number of thioether (sulfide) groups is 1. The average molecular weight is 342 g/mol. The van der Waals surface area contributed by atoms with Crippen molar-refractivity contribution in [3.8, 4) is 0 Å². The molecule has 0 radical (unpaired) electrons. The van der Waals surface area contributed by atoms with Gasteiger partial charge < -0.3 is 4.90 Å². The van der Waals surface area contributed by atoms with Crippen molar-refractivity contribution < 1.29 is 9.59 Å². The van der Waals surface area contributed by atoms with E-state index in [4.69, 9.17) is 0 Å². The number of hydrogen-bond donors (Lipinski definition) is 0. The lowest BCUT2D eigenvalue weighted by Gasteiger charge is -2.17. The van der Waals surface area contributed by atoms with Crippen molar-refractivity contribution in [3.05, 3.63) is 28.2 Å². The van der Waals surface area contributed by atoms with Gasteiger partial charge in [-0.1, -0.05) is 33.8 Å². The van der Waals surface area contributed by atoms with E-state index in [9.17, 15) is 9.59 Å². The Bertz CT molecular complexity index is 518. The predicted octanol–water partition coefficient (Wildman–Crippen LogP) is 3.39. The molecule has 2 rings (SSSR count). The summed E-state index contributed by atoms with van der Waals surface area (Å²) in [6.07, 6.45) is 0.534. The highest BCUT2D eigenvalue weighted by atomic mass is 79.9. The molecule has 1 heterocycles. The van der Waals surface area contributed by atoms with Gasteiger partial charge in [-0.05, 0) is 30.5 Å². The summed E-state index contributed by atoms with van der Waals surface area (Å²) in [5.74, 6) is 1.14. The molecule has 1 aliphatic heterocycles. The lowest BCUT2D eigenvalue weighted by atomic mass is 10.1. The fraction of sp³-hybridized carbons (Fsp3) is 0.429. The minimum atomic E-state index is 0.115. The summed E-state index contributed by atoms with van der Waals surface area (Å²) in [5.41, 5.74) is 2.08. The topological polar surface area (TPSA) is 37.4 Å². The molecule has 1 unspecified atom stereocenters. The van der Waals surface area contributed by atoms with E-state index in [1.807, 2.05) is 30.0 Å². The Balaban J connectivity index is 2.07. The van der Waals surface area contributed by atoms with E-state index in [0.29, 0.717) is 13.0 Å². The zero-order valence-corrected chi connectivity index (χ0v) is 13.4. The molecule has 0 N–H and O–H groups in total. The van der Waals surface area contributed by atoms with Crippen molar-refractivity contribution in [2.75, 3.05) is 17.2 Å². The van der Waals surface area contributed by atoms with Gasteiger partial charge in [0, 0.05) is 35.8 Å². The van der Waals surface area contributed by atoms with Gasteiger partial charge in [0.05, 0.1) is 0 Å². The summed E-state index contributed by atoms with van der Waals surface area (Å²) < 4.78 is 1.01. The molecule has 0 spiro atoms. The largest absolute Gasteiger partial charge is 0.312 e. The minimum absolute atomic E-state index is 0.115. The van der Waals surface area contributed by atoms with Crippen LogP contribution in [0.3, 0.4) is 0 Å². The minimum Gasteiger partial charge on any atom is -0.312 e.